The molecule has 0 aliphatic heterocycles. The third kappa shape index (κ3) is 6.50. The van der Waals surface area contributed by atoms with Crippen molar-refractivity contribution in [2.24, 2.45) is 0 Å². The zero-order valence-electron chi connectivity index (χ0n) is 31.8. The van der Waals surface area contributed by atoms with Gasteiger partial charge in [-0.3, -0.25) is 0 Å². The molecule has 0 unspecified atom stereocenters. The molecule has 0 saturated carbocycles. The van der Waals surface area contributed by atoms with E-state index in [-0.39, 0.29) is 0 Å². The van der Waals surface area contributed by atoms with Crippen molar-refractivity contribution in [3.63, 3.8) is 0 Å². The van der Waals surface area contributed by atoms with E-state index >= 15 is 0 Å². The topological polar surface area (TPSA) is 0 Å². The van der Waals surface area contributed by atoms with Crippen LogP contribution in [0.25, 0.3) is 76.8 Å². The maximum absolute atomic E-state index is 3.53. The average molecular weight is 733 g/mol. The van der Waals surface area contributed by atoms with E-state index in [1.807, 2.05) is 36.4 Å². The lowest BCUT2D eigenvalue weighted by atomic mass is 9.76. The Kier molecular flexibility index (Phi) is 9.14. The maximum atomic E-state index is 3.53. The first kappa shape index (κ1) is 34.6. The highest BCUT2D eigenvalue weighted by molar-refractivity contribution is 6.35. The van der Waals surface area contributed by atoms with E-state index in [2.05, 4.69) is 206 Å². The Bertz CT molecular complexity index is 2990. The molecule has 0 aliphatic carbocycles. The molecule has 0 fully saturated rings. The third-order valence-corrected chi connectivity index (χ3v) is 10.9. The first-order valence-electron chi connectivity index (χ1n) is 19.7. The summed E-state index contributed by atoms with van der Waals surface area (Å²) < 4.78 is 0. The molecule has 0 heteroatoms. The molecule has 0 saturated heterocycles. The summed E-state index contributed by atoms with van der Waals surface area (Å²) in [5.41, 5.74) is 13.3. The van der Waals surface area contributed by atoms with Gasteiger partial charge in [0.15, 0.2) is 0 Å². The summed E-state index contributed by atoms with van der Waals surface area (Å²) in [6, 6.07) is 77.7. The predicted molar refractivity (Wildman–Crippen MR) is 246 cm³/mol. The molecule has 0 spiro atoms. The molecule has 268 valence electrons. The van der Waals surface area contributed by atoms with Crippen LogP contribution in [0.3, 0.4) is 0 Å². The quantitative estimate of drug-likeness (QED) is 0.125. The fraction of sp³-hybridized carbons (Fsp3) is 0. The number of benzene rings is 10. The Labute approximate surface area is 339 Å². The van der Waals surface area contributed by atoms with E-state index in [0.29, 0.717) is 0 Å². The maximum Gasteiger partial charge on any atom is 0.0255 e. The van der Waals surface area contributed by atoms with Gasteiger partial charge >= 0.3 is 0 Å². The van der Waals surface area contributed by atoms with E-state index < -0.39 is 0 Å². The molecule has 0 amide bonds. The zero-order chi connectivity index (χ0) is 38.7. The van der Waals surface area contributed by atoms with Crippen molar-refractivity contribution in [1.82, 2.24) is 0 Å². The Balaban J connectivity index is 1.46. The normalized spacial score (nSPS) is 10.8. The molecule has 0 radical (unpaired) electrons. The van der Waals surface area contributed by atoms with Crippen LogP contribution in [0.5, 0.6) is 0 Å². The van der Waals surface area contributed by atoms with E-state index in [1.165, 1.54) is 54.6 Å². The SMILES string of the molecule is C(#Cc1ccc2c3ccc(C#Cc4ccccc4)cc3c3c(-c4ccccc4)c(-c4ccccc4)c(-c4ccccc4)c(-c4ccccc4)c3c2c1)c1ccccc1. The van der Waals surface area contributed by atoms with Crippen molar-refractivity contribution < 1.29 is 0 Å². The largest absolute Gasteiger partial charge is 0.0622 e. The first-order valence-corrected chi connectivity index (χ1v) is 19.7. The lowest BCUT2D eigenvalue weighted by Crippen LogP contribution is -1.99. The van der Waals surface area contributed by atoms with Gasteiger partial charge in [-0.05, 0) is 125 Å². The predicted octanol–water partition coefficient (Wildman–Crippen LogP) is 14.6. The summed E-state index contributed by atoms with van der Waals surface area (Å²) in [5, 5.41) is 7.08. The van der Waals surface area contributed by atoms with Gasteiger partial charge in [0, 0.05) is 22.3 Å². The van der Waals surface area contributed by atoms with Crippen molar-refractivity contribution in [3.05, 3.63) is 241 Å². The summed E-state index contributed by atoms with van der Waals surface area (Å²) >= 11 is 0. The second kappa shape index (κ2) is 15.3. The van der Waals surface area contributed by atoms with Crippen molar-refractivity contribution >= 4 is 32.3 Å². The van der Waals surface area contributed by atoms with Crippen LogP contribution in [0.15, 0.2) is 218 Å². The third-order valence-electron chi connectivity index (χ3n) is 10.9. The highest BCUT2D eigenvalue weighted by atomic mass is 14.3. The molecule has 10 aromatic carbocycles. The van der Waals surface area contributed by atoms with Gasteiger partial charge in [0.05, 0.1) is 0 Å². The summed E-state index contributed by atoms with van der Waals surface area (Å²) in [7, 11) is 0. The molecule has 0 atom stereocenters. The van der Waals surface area contributed by atoms with Crippen LogP contribution in [0.2, 0.25) is 0 Å². The van der Waals surface area contributed by atoms with Crippen LogP contribution >= 0.6 is 0 Å². The molecule has 0 heterocycles. The lowest BCUT2D eigenvalue weighted by Gasteiger charge is -2.26. The fourth-order valence-electron chi connectivity index (χ4n) is 8.32. The van der Waals surface area contributed by atoms with E-state index in [9.17, 15) is 0 Å². The number of hydrogen-bond acceptors (Lipinski definition) is 0. The van der Waals surface area contributed by atoms with Crippen LogP contribution in [0.1, 0.15) is 22.3 Å². The summed E-state index contributed by atoms with van der Waals surface area (Å²) in [6.45, 7) is 0. The monoisotopic (exact) mass is 732 g/mol. The average Bonchev–Trinajstić information content (AvgIpc) is 3.31. The minimum Gasteiger partial charge on any atom is -0.0622 e. The smallest absolute Gasteiger partial charge is 0.0255 e. The molecule has 0 aliphatic rings. The fourth-order valence-corrected chi connectivity index (χ4v) is 8.32. The molecule has 0 bridgehead atoms. The standard InChI is InChI=1S/C58H36/c1-7-19-41(20-8-1)31-33-43-35-37-49-50-38-36-44(34-32-42-21-9-2-10-22-42)40-52(50)58-56(48-29-17-6-18-30-48)54(46-25-13-4-14-26-46)53(45-23-11-3-12-24-45)55(57(58)51(49)39-43)47-27-15-5-16-28-47/h1-30,35-40H. The molecule has 10 aromatic rings. The molecule has 10 rings (SSSR count). The van der Waals surface area contributed by atoms with Crippen LogP contribution in [0, 0.1) is 23.7 Å². The summed E-state index contributed by atoms with van der Waals surface area (Å²) in [5.74, 6) is 13.9. The number of fused-ring (bicyclic) bond motifs is 6. The highest BCUT2D eigenvalue weighted by Gasteiger charge is 2.27. The molecule has 0 N–H and O–H groups in total. The Morgan fingerprint density at radius 1 is 0.207 bits per heavy atom. The molecule has 0 aromatic heterocycles. The Morgan fingerprint density at radius 2 is 0.483 bits per heavy atom. The molecular weight excluding hydrogens is 697 g/mol. The first-order chi connectivity index (χ1) is 28.8. The van der Waals surface area contributed by atoms with Crippen molar-refractivity contribution in [3.8, 4) is 68.2 Å². The molecule has 58 heavy (non-hydrogen) atoms. The van der Waals surface area contributed by atoms with Gasteiger partial charge in [0.25, 0.3) is 0 Å². The van der Waals surface area contributed by atoms with Crippen molar-refractivity contribution in [2.45, 2.75) is 0 Å². The Morgan fingerprint density at radius 3 is 0.810 bits per heavy atom. The van der Waals surface area contributed by atoms with Crippen LogP contribution in [-0.2, 0) is 0 Å². The van der Waals surface area contributed by atoms with Crippen LogP contribution in [0.4, 0.5) is 0 Å². The molecular formula is C58H36. The van der Waals surface area contributed by atoms with Gasteiger partial charge in [0.2, 0.25) is 0 Å². The van der Waals surface area contributed by atoms with Crippen molar-refractivity contribution in [2.75, 3.05) is 0 Å². The van der Waals surface area contributed by atoms with Gasteiger partial charge in [-0.25, -0.2) is 0 Å². The highest BCUT2D eigenvalue weighted by Crippen LogP contribution is 2.54. The van der Waals surface area contributed by atoms with Crippen LogP contribution in [-0.4, -0.2) is 0 Å². The van der Waals surface area contributed by atoms with Gasteiger partial charge in [-0.2, -0.15) is 0 Å². The lowest BCUT2D eigenvalue weighted by molar-refractivity contribution is 1.57. The van der Waals surface area contributed by atoms with Gasteiger partial charge in [-0.1, -0.05) is 194 Å². The zero-order valence-corrected chi connectivity index (χ0v) is 31.8. The van der Waals surface area contributed by atoms with E-state index in [0.717, 1.165) is 44.5 Å². The molecule has 0 nitrogen and oxygen atoms in total. The minimum absolute atomic E-state index is 0.969. The minimum atomic E-state index is 0.969. The van der Waals surface area contributed by atoms with E-state index in [4.69, 9.17) is 0 Å². The summed E-state index contributed by atoms with van der Waals surface area (Å²) in [4.78, 5) is 0. The van der Waals surface area contributed by atoms with Gasteiger partial charge in [0.1, 0.15) is 0 Å². The number of hydrogen-bond donors (Lipinski definition) is 0. The van der Waals surface area contributed by atoms with E-state index in [1.54, 1.807) is 0 Å². The second-order valence-corrected chi connectivity index (χ2v) is 14.5. The van der Waals surface area contributed by atoms with Crippen LogP contribution < -0.4 is 0 Å². The van der Waals surface area contributed by atoms with Crippen molar-refractivity contribution in [1.29, 1.82) is 0 Å². The second-order valence-electron chi connectivity index (χ2n) is 14.5. The Hall–Kier alpha value is -7.90. The van der Waals surface area contributed by atoms with Gasteiger partial charge in [-0.15, -0.1) is 0 Å². The van der Waals surface area contributed by atoms with Gasteiger partial charge < -0.3 is 0 Å². The number of rotatable bonds is 4. The summed E-state index contributed by atoms with van der Waals surface area (Å²) in [6.07, 6.45) is 0.